The summed E-state index contributed by atoms with van der Waals surface area (Å²) in [6.45, 7) is 4.41. The zero-order valence-corrected chi connectivity index (χ0v) is 12.5. The second-order valence-corrected chi connectivity index (χ2v) is 5.92. The monoisotopic (exact) mass is 291 g/mol. The fourth-order valence-corrected chi connectivity index (χ4v) is 3.00. The first kappa shape index (κ1) is 15.9. The normalized spacial score (nSPS) is 34.1. The van der Waals surface area contributed by atoms with Gasteiger partial charge in [-0.2, -0.15) is 0 Å². The Morgan fingerprint density at radius 3 is 2.67 bits per heavy atom. The third-order valence-electron chi connectivity index (χ3n) is 3.93. The van der Waals surface area contributed by atoms with Gasteiger partial charge in [0.15, 0.2) is 11.4 Å². The minimum Gasteiger partial charge on any atom is -0.377 e. The summed E-state index contributed by atoms with van der Waals surface area (Å²) in [6.07, 6.45) is 11.4. The van der Waals surface area contributed by atoms with E-state index in [2.05, 4.69) is 11.8 Å². The number of hydrogen-bond acceptors (Lipinski definition) is 4. The van der Waals surface area contributed by atoms with Crippen molar-refractivity contribution >= 4 is 5.91 Å². The molecule has 3 atom stereocenters. The van der Waals surface area contributed by atoms with Crippen LogP contribution < -0.4 is 0 Å². The van der Waals surface area contributed by atoms with Crippen LogP contribution in [-0.2, 0) is 14.3 Å². The van der Waals surface area contributed by atoms with Crippen molar-refractivity contribution in [3.05, 3.63) is 0 Å². The van der Waals surface area contributed by atoms with Gasteiger partial charge in [-0.25, -0.2) is 0 Å². The van der Waals surface area contributed by atoms with Gasteiger partial charge in [-0.1, -0.05) is 0 Å². The lowest BCUT2D eigenvalue weighted by molar-refractivity contribution is -0.214. The van der Waals surface area contributed by atoms with Gasteiger partial charge >= 0.3 is 0 Å². The minimum atomic E-state index is -1.56. The van der Waals surface area contributed by atoms with Gasteiger partial charge in [-0.05, 0) is 20.3 Å². The van der Waals surface area contributed by atoms with Crippen molar-refractivity contribution in [1.29, 1.82) is 0 Å². The first-order valence-corrected chi connectivity index (χ1v) is 7.08. The molecule has 2 rings (SSSR count). The SMILES string of the molecule is C#CCCCN1C(=O)[C@@](O)(CC#C)[C@@H]1[C@H]1COC(C)(C)O1. The zero-order chi connectivity index (χ0) is 15.7. The molecule has 0 bridgehead atoms. The number of carbonyl (C=O) groups excluding carboxylic acids is 1. The van der Waals surface area contributed by atoms with Gasteiger partial charge in [0.1, 0.15) is 6.10 Å². The van der Waals surface area contributed by atoms with Crippen molar-refractivity contribution in [3.63, 3.8) is 0 Å². The third kappa shape index (κ3) is 2.78. The van der Waals surface area contributed by atoms with E-state index in [1.165, 1.54) is 0 Å². The number of unbranched alkanes of at least 4 members (excludes halogenated alkanes) is 1. The summed E-state index contributed by atoms with van der Waals surface area (Å²) < 4.78 is 11.3. The van der Waals surface area contributed by atoms with Gasteiger partial charge in [0.25, 0.3) is 5.91 Å². The second-order valence-electron chi connectivity index (χ2n) is 5.92. The molecule has 114 valence electrons. The molecule has 0 aliphatic carbocycles. The molecule has 1 N–H and O–H groups in total. The van der Waals surface area contributed by atoms with Gasteiger partial charge in [0.05, 0.1) is 12.6 Å². The van der Waals surface area contributed by atoms with Crippen LogP contribution in [0.15, 0.2) is 0 Å². The van der Waals surface area contributed by atoms with Crippen LogP contribution in [-0.4, -0.2) is 52.6 Å². The number of β-lactam (4-membered cyclic amide) rings is 1. The summed E-state index contributed by atoms with van der Waals surface area (Å²) in [6, 6.07) is -0.486. The fourth-order valence-electron chi connectivity index (χ4n) is 3.00. The first-order chi connectivity index (χ1) is 9.85. The number of ether oxygens (including phenoxy) is 2. The maximum atomic E-state index is 12.2. The molecule has 2 aliphatic heterocycles. The van der Waals surface area contributed by atoms with E-state index in [1.807, 2.05) is 0 Å². The summed E-state index contributed by atoms with van der Waals surface area (Å²) in [5.41, 5.74) is -1.56. The molecule has 5 nitrogen and oxygen atoms in total. The Bertz CT molecular complexity index is 501. The Kier molecular flexibility index (Phi) is 4.30. The van der Waals surface area contributed by atoms with E-state index in [-0.39, 0.29) is 18.4 Å². The van der Waals surface area contributed by atoms with E-state index in [4.69, 9.17) is 22.3 Å². The lowest BCUT2D eigenvalue weighted by Gasteiger charge is -2.54. The van der Waals surface area contributed by atoms with Crippen LogP contribution in [0, 0.1) is 24.7 Å². The molecule has 2 fully saturated rings. The van der Waals surface area contributed by atoms with Crippen molar-refractivity contribution in [1.82, 2.24) is 4.90 Å². The Morgan fingerprint density at radius 2 is 2.14 bits per heavy atom. The first-order valence-electron chi connectivity index (χ1n) is 7.08. The van der Waals surface area contributed by atoms with Crippen molar-refractivity contribution in [2.75, 3.05) is 13.2 Å². The van der Waals surface area contributed by atoms with Crippen LogP contribution in [0.5, 0.6) is 0 Å². The van der Waals surface area contributed by atoms with E-state index in [0.717, 1.165) is 0 Å². The average molecular weight is 291 g/mol. The van der Waals surface area contributed by atoms with Crippen LogP contribution in [0.4, 0.5) is 0 Å². The summed E-state index contributed by atoms with van der Waals surface area (Å²) in [5.74, 6) is 3.85. The predicted molar refractivity (Wildman–Crippen MR) is 76.9 cm³/mol. The summed E-state index contributed by atoms with van der Waals surface area (Å²) in [5, 5.41) is 10.6. The number of likely N-dealkylation sites (tertiary alicyclic amines) is 1. The molecule has 0 aromatic carbocycles. The molecule has 0 spiro atoms. The lowest BCUT2D eigenvalue weighted by Crippen LogP contribution is -2.77. The molecule has 21 heavy (non-hydrogen) atoms. The predicted octanol–water partition coefficient (Wildman–Crippen LogP) is 0.516. The third-order valence-corrected chi connectivity index (χ3v) is 3.93. The van der Waals surface area contributed by atoms with E-state index in [1.54, 1.807) is 18.7 Å². The molecule has 0 unspecified atom stereocenters. The standard InChI is InChI=1S/C16H21NO4/c1-5-7-8-10-17-13(12-11-20-15(3,4)21-12)16(19,9-6-2)14(17)18/h1-2,12-13,19H,7-11H2,3-4H3/t12-,13+,16-/m1/s1. The Labute approximate surface area is 125 Å². The van der Waals surface area contributed by atoms with Gasteiger partial charge in [0.2, 0.25) is 0 Å². The number of nitrogens with zero attached hydrogens (tertiary/aromatic N) is 1. The van der Waals surface area contributed by atoms with Crippen molar-refractivity contribution in [3.8, 4) is 24.7 Å². The molecule has 2 heterocycles. The van der Waals surface area contributed by atoms with Crippen LogP contribution >= 0.6 is 0 Å². The van der Waals surface area contributed by atoms with Gasteiger partial charge in [-0.15, -0.1) is 24.7 Å². The fraction of sp³-hybridized carbons (Fsp3) is 0.688. The van der Waals surface area contributed by atoms with Crippen molar-refractivity contribution in [2.24, 2.45) is 0 Å². The van der Waals surface area contributed by atoms with Crippen molar-refractivity contribution < 1.29 is 19.4 Å². The topological polar surface area (TPSA) is 59.0 Å². The molecule has 0 aromatic rings. The zero-order valence-electron chi connectivity index (χ0n) is 12.5. The quantitative estimate of drug-likeness (QED) is 0.456. The van der Waals surface area contributed by atoms with Gasteiger partial charge < -0.3 is 19.5 Å². The van der Waals surface area contributed by atoms with E-state index >= 15 is 0 Å². The molecule has 0 aromatic heterocycles. The highest BCUT2D eigenvalue weighted by atomic mass is 16.7. The number of terminal acetylenes is 2. The van der Waals surface area contributed by atoms with Gasteiger partial charge in [-0.3, -0.25) is 4.79 Å². The van der Waals surface area contributed by atoms with E-state index < -0.39 is 17.4 Å². The minimum absolute atomic E-state index is 0.0254. The summed E-state index contributed by atoms with van der Waals surface area (Å²) in [4.78, 5) is 13.8. The molecule has 0 saturated carbocycles. The molecule has 2 aliphatic rings. The number of carbonyl (C=O) groups is 1. The highest BCUT2D eigenvalue weighted by molar-refractivity contribution is 5.93. The maximum Gasteiger partial charge on any atom is 0.258 e. The molecule has 5 heteroatoms. The number of hydrogen-bond donors (Lipinski definition) is 1. The maximum absolute atomic E-state index is 12.2. The number of rotatable bonds is 5. The molecular weight excluding hydrogens is 270 g/mol. The number of aliphatic hydroxyl groups is 1. The van der Waals surface area contributed by atoms with E-state index in [9.17, 15) is 9.90 Å². The smallest absolute Gasteiger partial charge is 0.258 e. The molecular formula is C16H21NO4. The van der Waals surface area contributed by atoms with Crippen LogP contribution in [0.25, 0.3) is 0 Å². The van der Waals surface area contributed by atoms with Crippen LogP contribution in [0.3, 0.4) is 0 Å². The van der Waals surface area contributed by atoms with Crippen LogP contribution in [0.2, 0.25) is 0 Å². The molecule has 0 radical (unpaired) electrons. The summed E-state index contributed by atoms with van der Waals surface area (Å²) >= 11 is 0. The average Bonchev–Trinajstić information content (AvgIpc) is 2.77. The van der Waals surface area contributed by atoms with E-state index in [0.29, 0.717) is 26.0 Å². The Morgan fingerprint density at radius 1 is 1.43 bits per heavy atom. The summed E-state index contributed by atoms with van der Waals surface area (Å²) in [7, 11) is 0. The lowest BCUT2D eigenvalue weighted by atomic mass is 9.76. The number of amides is 1. The van der Waals surface area contributed by atoms with Gasteiger partial charge in [0, 0.05) is 19.4 Å². The molecule has 1 amide bonds. The Balaban J connectivity index is 2.13. The van der Waals surface area contributed by atoms with Crippen molar-refractivity contribution in [2.45, 2.75) is 56.6 Å². The molecule has 2 saturated heterocycles. The largest absolute Gasteiger partial charge is 0.377 e. The second kappa shape index (κ2) is 5.69. The highest BCUT2D eigenvalue weighted by Gasteiger charge is 2.63. The highest BCUT2D eigenvalue weighted by Crippen LogP contribution is 2.40. The van der Waals surface area contributed by atoms with Crippen LogP contribution in [0.1, 0.15) is 33.1 Å². The Hall–Kier alpha value is -1.53.